The highest BCUT2D eigenvalue weighted by molar-refractivity contribution is 6.08. The summed E-state index contributed by atoms with van der Waals surface area (Å²) in [4.78, 5) is 25.4. The molecular weight excluding hydrogens is 306 g/mol. The van der Waals surface area contributed by atoms with Crippen LogP contribution in [0.15, 0.2) is 48.5 Å². The number of benzene rings is 2. The van der Waals surface area contributed by atoms with Gasteiger partial charge in [0, 0.05) is 36.9 Å². The summed E-state index contributed by atoms with van der Waals surface area (Å²) in [6, 6.07) is 14.5. The van der Waals surface area contributed by atoms with E-state index in [1.807, 2.05) is 31.3 Å². The van der Waals surface area contributed by atoms with Crippen LogP contribution < -0.4 is 10.2 Å². The molecule has 0 saturated carbocycles. The van der Waals surface area contributed by atoms with Gasteiger partial charge in [-0.3, -0.25) is 14.9 Å². The Balaban J connectivity index is 1.83. The molecule has 2 N–H and O–H groups in total. The SMILES string of the molecule is CN1C(=O)[C@]2(CC[NH2+][C@H]2c2ccc([N+](=O)[O-])cc2)c2ccccc21. The Kier molecular flexibility index (Phi) is 3.18. The molecule has 0 aliphatic carbocycles. The first-order valence-electron chi connectivity index (χ1n) is 8.01. The van der Waals surface area contributed by atoms with E-state index in [4.69, 9.17) is 0 Å². The Morgan fingerprint density at radius 3 is 2.62 bits per heavy atom. The lowest BCUT2D eigenvalue weighted by molar-refractivity contribution is -0.679. The van der Waals surface area contributed by atoms with Crippen LogP contribution in [0.5, 0.6) is 0 Å². The number of likely N-dealkylation sites (N-methyl/N-ethyl adjacent to an activating group) is 1. The van der Waals surface area contributed by atoms with Gasteiger partial charge in [0.25, 0.3) is 5.69 Å². The van der Waals surface area contributed by atoms with Crippen LogP contribution in [0.1, 0.15) is 23.6 Å². The van der Waals surface area contributed by atoms with Gasteiger partial charge in [-0.2, -0.15) is 0 Å². The second kappa shape index (κ2) is 5.14. The van der Waals surface area contributed by atoms with E-state index in [1.165, 1.54) is 12.1 Å². The summed E-state index contributed by atoms with van der Waals surface area (Å²) in [5.74, 6) is 0.112. The molecule has 2 aromatic rings. The Hall–Kier alpha value is -2.73. The molecule has 0 radical (unpaired) electrons. The summed E-state index contributed by atoms with van der Waals surface area (Å²) in [5.41, 5.74) is 2.47. The van der Waals surface area contributed by atoms with Crippen molar-refractivity contribution >= 4 is 17.3 Å². The van der Waals surface area contributed by atoms with E-state index < -0.39 is 10.3 Å². The van der Waals surface area contributed by atoms with Crippen LogP contribution >= 0.6 is 0 Å². The summed E-state index contributed by atoms with van der Waals surface area (Å²) in [6.45, 7) is 0.857. The molecule has 6 heteroatoms. The maximum absolute atomic E-state index is 13.1. The molecule has 1 fully saturated rings. The zero-order valence-electron chi connectivity index (χ0n) is 13.3. The molecule has 1 amide bonds. The van der Waals surface area contributed by atoms with Crippen molar-refractivity contribution in [1.29, 1.82) is 0 Å². The topological polar surface area (TPSA) is 80.1 Å². The highest BCUT2D eigenvalue weighted by atomic mass is 16.6. The number of para-hydroxylation sites is 1. The zero-order valence-corrected chi connectivity index (χ0v) is 13.3. The maximum atomic E-state index is 13.1. The molecule has 1 saturated heterocycles. The number of nitrogens with two attached hydrogens (primary N) is 1. The van der Waals surface area contributed by atoms with Crippen LogP contribution in [0, 0.1) is 10.1 Å². The van der Waals surface area contributed by atoms with Crippen molar-refractivity contribution in [2.75, 3.05) is 18.5 Å². The molecule has 2 heterocycles. The minimum absolute atomic E-state index is 0.0584. The van der Waals surface area contributed by atoms with Crippen LogP contribution in [0.4, 0.5) is 11.4 Å². The molecule has 122 valence electrons. The standard InChI is InChI=1S/C18H17N3O3/c1-20-15-5-3-2-4-14(15)18(17(20)22)10-11-19-16(18)12-6-8-13(9-7-12)21(23)24/h2-9,16,19H,10-11H2,1H3/p+1/t16-,18+/m0/s1. The predicted molar refractivity (Wildman–Crippen MR) is 88.8 cm³/mol. The van der Waals surface area contributed by atoms with Crippen molar-refractivity contribution < 1.29 is 15.0 Å². The van der Waals surface area contributed by atoms with Gasteiger partial charge in [-0.05, 0) is 23.8 Å². The molecular formula is C18H18N3O3+. The fourth-order valence-electron chi connectivity index (χ4n) is 4.27. The molecule has 2 aliphatic heterocycles. The van der Waals surface area contributed by atoms with E-state index in [-0.39, 0.29) is 17.6 Å². The van der Waals surface area contributed by atoms with E-state index in [9.17, 15) is 14.9 Å². The van der Waals surface area contributed by atoms with Crippen molar-refractivity contribution in [3.8, 4) is 0 Å². The molecule has 2 aromatic carbocycles. The first-order valence-corrected chi connectivity index (χ1v) is 8.01. The molecule has 0 unspecified atom stereocenters. The van der Waals surface area contributed by atoms with Crippen LogP contribution in [-0.4, -0.2) is 24.4 Å². The van der Waals surface area contributed by atoms with Gasteiger partial charge in [-0.15, -0.1) is 0 Å². The summed E-state index contributed by atoms with van der Waals surface area (Å²) >= 11 is 0. The number of nitrogens with zero attached hydrogens (tertiary/aromatic N) is 2. The van der Waals surface area contributed by atoms with Crippen LogP contribution in [0.25, 0.3) is 0 Å². The molecule has 4 rings (SSSR count). The van der Waals surface area contributed by atoms with Gasteiger partial charge in [0.2, 0.25) is 5.91 Å². The number of amides is 1. The van der Waals surface area contributed by atoms with Crippen molar-refractivity contribution in [1.82, 2.24) is 0 Å². The number of hydrogen-bond acceptors (Lipinski definition) is 3. The number of rotatable bonds is 2. The van der Waals surface area contributed by atoms with E-state index in [0.29, 0.717) is 0 Å². The number of nitro groups is 1. The van der Waals surface area contributed by atoms with E-state index in [0.717, 1.165) is 29.8 Å². The highest BCUT2D eigenvalue weighted by Gasteiger charge is 2.60. The normalized spacial score (nSPS) is 25.3. The highest BCUT2D eigenvalue weighted by Crippen LogP contribution is 2.50. The third kappa shape index (κ3) is 1.83. The van der Waals surface area contributed by atoms with Crippen molar-refractivity contribution in [3.63, 3.8) is 0 Å². The zero-order chi connectivity index (χ0) is 16.9. The summed E-state index contributed by atoms with van der Waals surface area (Å²) < 4.78 is 0. The fourth-order valence-corrected chi connectivity index (χ4v) is 4.27. The molecule has 0 aromatic heterocycles. The number of carbonyl (C=O) groups is 1. The van der Waals surface area contributed by atoms with E-state index in [2.05, 4.69) is 5.32 Å². The Morgan fingerprint density at radius 2 is 1.92 bits per heavy atom. The quantitative estimate of drug-likeness (QED) is 0.672. The number of nitro benzene ring substituents is 1. The second-order valence-corrected chi connectivity index (χ2v) is 6.45. The number of quaternary nitrogens is 1. The van der Waals surface area contributed by atoms with Crippen molar-refractivity contribution in [2.45, 2.75) is 17.9 Å². The van der Waals surface area contributed by atoms with Gasteiger partial charge < -0.3 is 10.2 Å². The largest absolute Gasteiger partial charge is 0.339 e. The van der Waals surface area contributed by atoms with Gasteiger partial charge in [-0.25, -0.2) is 0 Å². The smallest absolute Gasteiger partial charge is 0.269 e. The molecule has 24 heavy (non-hydrogen) atoms. The molecule has 2 aliphatic rings. The Bertz CT molecular complexity index is 834. The number of non-ortho nitro benzene ring substituents is 1. The molecule has 1 spiro atoms. The van der Waals surface area contributed by atoms with Crippen LogP contribution in [-0.2, 0) is 10.2 Å². The Morgan fingerprint density at radius 1 is 1.21 bits per heavy atom. The number of fused-ring (bicyclic) bond motifs is 2. The summed E-state index contributed by atoms with van der Waals surface area (Å²) in [5, 5.41) is 13.1. The van der Waals surface area contributed by atoms with E-state index >= 15 is 0 Å². The van der Waals surface area contributed by atoms with Gasteiger partial charge in [0.05, 0.1) is 11.5 Å². The van der Waals surface area contributed by atoms with Crippen molar-refractivity contribution in [3.05, 3.63) is 69.8 Å². The van der Waals surface area contributed by atoms with Crippen LogP contribution in [0.3, 0.4) is 0 Å². The fraction of sp³-hybridized carbons (Fsp3) is 0.278. The van der Waals surface area contributed by atoms with Crippen LogP contribution in [0.2, 0.25) is 0 Å². The third-order valence-corrected chi connectivity index (χ3v) is 5.37. The van der Waals surface area contributed by atoms with Crippen molar-refractivity contribution in [2.24, 2.45) is 0 Å². The summed E-state index contributed by atoms with van der Waals surface area (Å²) in [7, 11) is 1.82. The summed E-state index contributed by atoms with van der Waals surface area (Å²) in [6.07, 6.45) is 0.773. The van der Waals surface area contributed by atoms with Gasteiger partial charge in [0.15, 0.2) is 0 Å². The average molecular weight is 324 g/mol. The predicted octanol–water partition coefficient (Wildman–Crippen LogP) is 1.52. The van der Waals surface area contributed by atoms with Gasteiger partial charge >= 0.3 is 0 Å². The lowest BCUT2D eigenvalue weighted by atomic mass is 9.73. The first kappa shape index (κ1) is 14.8. The lowest BCUT2D eigenvalue weighted by Crippen LogP contribution is -2.83. The minimum atomic E-state index is -0.582. The molecule has 6 nitrogen and oxygen atoms in total. The minimum Gasteiger partial charge on any atom is -0.339 e. The Labute approximate surface area is 139 Å². The maximum Gasteiger partial charge on any atom is 0.269 e. The number of anilines is 1. The number of hydrogen-bond donors (Lipinski definition) is 1. The third-order valence-electron chi connectivity index (χ3n) is 5.37. The lowest BCUT2D eigenvalue weighted by Gasteiger charge is -2.26. The number of carbonyl (C=O) groups excluding carboxylic acids is 1. The molecule has 0 bridgehead atoms. The second-order valence-electron chi connectivity index (χ2n) is 6.45. The van der Waals surface area contributed by atoms with Gasteiger partial charge in [-0.1, -0.05) is 18.2 Å². The average Bonchev–Trinajstić information content (AvgIpc) is 3.13. The monoisotopic (exact) mass is 324 g/mol. The van der Waals surface area contributed by atoms with E-state index in [1.54, 1.807) is 17.0 Å². The first-order chi connectivity index (χ1) is 11.6. The van der Waals surface area contributed by atoms with Gasteiger partial charge in [0.1, 0.15) is 11.5 Å². The molecule has 2 atom stereocenters.